The van der Waals surface area contributed by atoms with Crippen LogP contribution in [0.25, 0.3) is 10.9 Å². The zero-order valence-corrected chi connectivity index (χ0v) is 11.5. The summed E-state index contributed by atoms with van der Waals surface area (Å²) in [6.07, 6.45) is 5.00. The van der Waals surface area contributed by atoms with Crippen LogP contribution in [-0.4, -0.2) is 6.61 Å². The predicted octanol–water partition coefficient (Wildman–Crippen LogP) is 3.35. The largest absolute Gasteiger partial charge is 0.487 e. The Bertz CT molecular complexity index is 643. The van der Waals surface area contributed by atoms with Crippen molar-refractivity contribution in [3.8, 4) is 5.75 Å². The molecule has 2 heteroatoms. The van der Waals surface area contributed by atoms with Crippen molar-refractivity contribution in [3.05, 3.63) is 36.0 Å². The maximum absolute atomic E-state index is 5.97. The first-order valence-corrected chi connectivity index (χ1v) is 7.37. The van der Waals surface area contributed by atoms with E-state index in [-0.39, 0.29) is 0 Å². The second-order valence-corrected chi connectivity index (χ2v) is 6.18. The summed E-state index contributed by atoms with van der Waals surface area (Å²) in [6, 6.07) is 11.0. The van der Waals surface area contributed by atoms with E-state index in [0.29, 0.717) is 5.41 Å². The molecular formula is C17H20NO+. The van der Waals surface area contributed by atoms with Gasteiger partial charge in [0.15, 0.2) is 11.4 Å². The van der Waals surface area contributed by atoms with Crippen LogP contribution in [0.5, 0.6) is 5.75 Å². The fraction of sp³-hybridized carbons (Fsp3) is 0.471. The third kappa shape index (κ3) is 1.73. The number of nitrogens with zero attached hydrogens (tertiary/aromatic N) is 1. The lowest BCUT2D eigenvalue weighted by molar-refractivity contribution is -0.682. The molecule has 1 aromatic carbocycles. The van der Waals surface area contributed by atoms with E-state index in [2.05, 4.69) is 41.8 Å². The van der Waals surface area contributed by atoms with Crippen LogP contribution >= 0.6 is 0 Å². The van der Waals surface area contributed by atoms with Crippen molar-refractivity contribution in [1.82, 2.24) is 0 Å². The van der Waals surface area contributed by atoms with Gasteiger partial charge in [-0.25, -0.2) is 0 Å². The highest BCUT2D eigenvalue weighted by Crippen LogP contribution is 2.46. The second kappa shape index (κ2) is 3.96. The molecule has 19 heavy (non-hydrogen) atoms. The van der Waals surface area contributed by atoms with Gasteiger partial charge >= 0.3 is 0 Å². The molecule has 1 fully saturated rings. The number of rotatable bonds is 1. The highest BCUT2D eigenvalue weighted by atomic mass is 16.5. The molecule has 2 aromatic rings. The lowest BCUT2D eigenvalue weighted by Gasteiger charge is -2.16. The number of ether oxygens (including phenoxy) is 1. The van der Waals surface area contributed by atoms with Crippen LogP contribution in [0.15, 0.2) is 30.3 Å². The van der Waals surface area contributed by atoms with Gasteiger partial charge < -0.3 is 4.74 Å². The van der Waals surface area contributed by atoms with Crippen LogP contribution in [-0.2, 0) is 12.0 Å². The van der Waals surface area contributed by atoms with Crippen molar-refractivity contribution in [3.63, 3.8) is 0 Å². The van der Waals surface area contributed by atoms with E-state index in [9.17, 15) is 0 Å². The van der Waals surface area contributed by atoms with Crippen LogP contribution in [0.1, 0.15) is 38.3 Å². The monoisotopic (exact) mass is 254 g/mol. The SMILES string of the molecule is CC1(c2ccc3cccc4c3[n+]2CCCCO4)CC1. The number of aryl methyl sites for hydroxylation is 1. The average Bonchev–Trinajstić information content (AvgIpc) is 3.14. The van der Waals surface area contributed by atoms with E-state index in [1.54, 1.807) is 0 Å². The van der Waals surface area contributed by atoms with Crippen LogP contribution in [0.3, 0.4) is 0 Å². The fourth-order valence-corrected chi connectivity index (χ4v) is 3.22. The number of benzene rings is 1. The summed E-state index contributed by atoms with van der Waals surface area (Å²) in [6.45, 7) is 4.36. The van der Waals surface area contributed by atoms with E-state index in [1.165, 1.54) is 35.9 Å². The molecule has 1 aliphatic heterocycles. The first kappa shape index (κ1) is 11.3. The summed E-state index contributed by atoms with van der Waals surface area (Å²) >= 11 is 0. The molecule has 0 radical (unpaired) electrons. The number of pyridine rings is 1. The Hall–Kier alpha value is -1.57. The van der Waals surface area contributed by atoms with Gasteiger partial charge in [-0.05, 0) is 44.4 Å². The molecule has 0 atom stereocenters. The predicted molar refractivity (Wildman–Crippen MR) is 75.5 cm³/mol. The van der Waals surface area contributed by atoms with E-state index < -0.39 is 0 Å². The van der Waals surface area contributed by atoms with Crippen LogP contribution in [0.2, 0.25) is 0 Å². The molecule has 1 aliphatic carbocycles. The molecule has 1 aromatic heterocycles. The van der Waals surface area contributed by atoms with Gasteiger partial charge in [-0.3, -0.25) is 0 Å². The minimum absolute atomic E-state index is 0.403. The standard InChI is InChI=1S/C17H20NO/c1-17(9-10-17)15-8-7-13-5-4-6-14-16(13)18(15)11-2-3-12-19-14/h4-8H,2-3,9-12H2,1H3/q+1. The Balaban J connectivity index is 2.03. The fourth-order valence-electron chi connectivity index (χ4n) is 3.22. The number of hydrogen-bond donors (Lipinski definition) is 0. The molecule has 2 nitrogen and oxygen atoms in total. The highest BCUT2D eigenvalue weighted by Gasteiger charge is 2.46. The lowest BCUT2D eigenvalue weighted by atomic mass is 10.0. The Kier molecular flexibility index (Phi) is 2.35. The third-order valence-electron chi connectivity index (χ3n) is 4.66. The summed E-state index contributed by atoms with van der Waals surface area (Å²) in [5.74, 6) is 1.06. The third-order valence-corrected chi connectivity index (χ3v) is 4.66. The van der Waals surface area contributed by atoms with Crippen molar-refractivity contribution in [2.45, 2.75) is 44.6 Å². The van der Waals surface area contributed by atoms with Gasteiger partial charge in [0, 0.05) is 12.5 Å². The lowest BCUT2D eigenvalue weighted by Crippen LogP contribution is -2.43. The Morgan fingerprint density at radius 3 is 2.84 bits per heavy atom. The quantitative estimate of drug-likeness (QED) is 0.711. The zero-order valence-electron chi connectivity index (χ0n) is 11.5. The van der Waals surface area contributed by atoms with Crippen LogP contribution in [0.4, 0.5) is 0 Å². The van der Waals surface area contributed by atoms with Gasteiger partial charge in [0.1, 0.15) is 6.54 Å². The first-order valence-electron chi connectivity index (χ1n) is 7.37. The van der Waals surface area contributed by atoms with Gasteiger partial charge in [0.25, 0.3) is 5.52 Å². The van der Waals surface area contributed by atoms with Crippen molar-refractivity contribution >= 4 is 10.9 Å². The highest BCUT2D eigenvalue weighted by molar-refractivity contribution is 5.81. The van der Waals surface area contributed by atoms with Crippen molar-refractivity contribution in [2.24, 2.45) is 0 Å². The van der Waals surface area contributed by atoms with Crippen molar-refractivity contribution < 1.29 is 9.30 Å². The smallest absolute Gasteiger partial charge is 0.255 e. The molecule has 2 aliphatic rings. The summed E-state index contributed by atoms with van der Waals surface area (Å²) < 4.78 is 8.49. The van der Waals surface area contributed by atoms with E-state index >= 15 is 0 Å². The molecule has 4 rings (SSSR count). The molecule has 98 valence electrons. The van der Waals surface area contributed by atoms with Gasteiger partial charge in [-0.2, -0.15) is 4.57 Å². The van der Waals surface area contributed by atoms with Gasteiger partial charge in [0.05, 0.1) is 17.4 Å². The molecule has 1 saturated carbocycles. The van der Waals surface area contributed by atoms with Crippen LogP contribution < -0.4 is 9.30 Å². The van der Waals surface area contributed by atoms with Gasteiger partial charge in [-0.1, -0.05) is 6.07 Å². The summed E-state index contributed by atoms with van der Waals surface area (Å²) in [7, 11) is 0. The molecule has 0 saturated heterocycles. The number of aromatic nitrogens is 1. The average molecular weight is 254 g/mol. The number of para-hydroxylation sites is 1. The molecule has 0 amide bonds. The minimum Gasteiger partial charge on any atom is -0.487 e. The topological polar surface area (TPSA) is 13.1 Å². The van der Waals surface area contributed by atoms with E-state index in [1.807, 2.05) is 0 Å². The van der Waals surface area contributed by atoms with Gasteiger partial charge in [-0.15, -0.1) is 0 Å². The maximum Gasteiger partial charge on any atom is 0.255 e. The minimum atomic E-state index is 0.403. The Labute approximate surface area is 114 Å². The van der Waals surface area contributed by atoms with E-state index in [0.717, 1.165) is 25.3 Å². The molecule has 0 spiro atoms. The Morgan fingerprint density at radius 2 is 2.00 bits per heavy atom. The normalized spacial score (nSPS) is 20.5. The maximum atomic E-state index is 5.97. The first-order chi connectivity index (χ1) is 9.28. The summed E-state index contributed by atoms with van der Waals surface area (Å²) in [5.41, 5.74) is 3.20. The second-order valence-electron chi connectivity index (χ2n) is 6.18. The zero-order chi connectivity index (χ0) is 12.9. The van der Waals surface area contributed by atoms with E-state index in [4.69, 9.17) is 4.74 Å². The molecular weight excluding hydrogens is 234 g/mol. The van der Waals surface area contributed by atoms with Crippen molar-refractivity contribution in [1.29, 1.82) is 0 Å². The van der Waals surface area contributed by atoms with Gasteiger partial charge in [0.2, 0.25) is 0 Å². The summed E-state index contributed by atoms with van der Waals surface area (Å²) in [4.78, 5) is 0. The Morgan fingerprint density at radius 1 is 1.11 bits per heavy atom. The molecule has 0 unspecified atom stereocenters. The number of hydrogen-bond acceptors (Lipinski definition) is 1. The molecule has 0 N–H and O–H groups in total. The molecule has 2 heterocycles. The van der Waals surface area contributed by atoms with Crippen molar-refractivity contribution in [2.75, 3.05) is 6.61 Å². The molecule has 0 bridgehead atoms. The summed E-state index contributed by atoms with van der Waals surface area (Å²) in [5, 5.41) is 1.30. The van der Waals surface area contributed by atoms with Crippen LogP contribution in [0, 0.1) is 0 Å².